The van der Waals surface area contributed by atoms with Crippen LogP contribution in [0.3, 0.4) is 0 Å². The van der Waals surface area contributed by atoms with E-state index in [4.69, 9.17) is 11.6 Å². The molecule has 0 aliphatic carbocycles. The highest BCUT2D eigenvalue weighted by Gasteiger charge is 2.30. The number of nitrogens with zero attached hydrogens (tertiary/aromatic N) is 2. The van der Waals surface area contributed by atoms with E-state index in [1.54, 1.807) is 0 Å². The van der Waals surface area contributed by atoms with Crippen LogP contribution in [0.15, 0.2) is 103 Å². The van der Waals surface area contributed by atoms with Crippen LogP contribution in [-0.2, 0) is 6.42 Å². The highest BCUT2D eigenvalue weighted by atomic mass is 35.5. The molecule has 198 valence electrons. The Labute approximate surface area is 236 Å². The molecule has 1 N–H and O–H groups in total. The summed E-state index contributed by atoms with van der Waals surface area (Å²) in [6.07, 6.45) is 1.79. The lowest BCUT2D eigenvalue weighted by Gasteiger charge is -2.37. The molecule has 39 heavy (non-hydrogen) atoms. The average molecular weight is 536 g/mol. The number of rotatable bonds is 8. The summed E-state index contributed by atoms with van der Waals surface area (Å²) in [4.78, 5) is 17.8. The number of anilines is 1. The van der Waals surface area contributed by atoms with Gasteiger partial charge in [-0.3, -0.25) is 9.69 Å². The first-order valence-electron chi connectivity index (χ1n) is 13.9. The molecule has 0 bridgehead atoms. The van der Waals surface area contributed by atoms with Gasteiger partial charge in [-0.25, -0.2) is 0 Å². The van der Waals surface area contributed by atoms with E-state index < -0.39 is 0 Å². The van der Waals surface area contributed by atoms with Crippen LogP contribution in [0.4, 0.5) is 5.69 Å². The quantitative estimate of drug-likeness (QED) is 0.272. The zero-order chi connectivity index (χ0) is 26.6. The van der Waals surface area contributed by atoms with Crippen LogP contribution in [0.1, 0.15) is 51.0 Å². The van der Waals surface area contributed by atoms with Gasteiger partial charge < -0.3 is 10.2 Å². The van der Waals surface area contributed by atoms with Crippen LogP contribution < -0.4 is 10.2 Å². The first-order valence-corrected chi connectivity index (χ1v) is 14.3. The van der Waals surface area contributed by atoms with Crippen molar-refractivity contribution in [3.8, 4) is 0 Å². The first kappa shape index (κ1) is 25.7. The van der Waals surface area contributed by atoms with E-state index >= 15 is 0 Å². The van der Waals surface area contributed by atoms with Crippen molar-refractivity contribution < 1.29 is 4.79 Å². The standard InChI is InChI=1S/C34H34ClN3O/c35-32-14-8-7-13-27(32)23-33-30-16-15-28(24-31(30)34(39)36-33)38-21-19-37(20-22-38)18-17-29(25-9-3-1-4-10-25)26-11-5-2-6-12-26/h1-16,24,29,33H,17-23H2,(H,36,39). The Bertz CT molecular complexity index is 1380. The van der Waals surface area contributed by atoms with Gasteiger partial charge in [0.1, 0.15) is 0 Å². The minimum atomic E-state index is -0.0412. The van der Waals surface area contributed by atoms with Crippen LogP contribution in [0, 0.1) is 0 Å². The molecule has 0 aromatic heterocycles. The van der Waals surface area contributed by atoms with E-state index in [0.717, 1.165) is 66.5 Å². The first-order chi connectivity index (χ1) is 19.2. The molecule has 4 nitrogen and oxygen atoms in total. The Morgan fingerprint density at radius 1 is 0.795 bits per heavy atom. The second-order valence-corrected chi connectivity index (χ2v) is 11.0. The molecule has 1 amide bonds. The Balaban J connectivity index is 1.08. The number of amides is 1. The summed E-state index contributed by atoms with van der Waals surface area (Å²) in [6, 6.07) is 35.9. The third-order valence-corrected chi connectivity index (χ3v) is 8.59. The number of hydrogen-bond donors (Lipinski definition) is 1. The SMILES string of the molecule is O=C1NC(Cc2ccccc2Cl)c2ccc(N3CCN(CCC(c4ccccc4)c4ccccc4)CC3)cc21. The van der Waals surface area contributed by atoms with Crippen molar-refractivity contribution >= 4 is 23.2 Å². The fourth-order valence-corrected chi connectivity index (χ4v) is 6.25. The van der Waals surface area contributed by atoms with Crippen molar-refractivity contribution in [3.63, 3.8) is 0 Å². The summed E-state index contributed by atoms with van der Waals surface area (Å²) in [5.41, 5.74) is 6.81. The van der Waals surface area contributed by atoms with Crippen LogP contribution in [0.5, 0.6) is 0 Å². The molecule has 4 aromatic carbocycles. The van der Waals surface area contributed by atoms with Crippen LogP contribution in [0.25, 0.3) is 0 Å². The Hall–Kier alpha value is -3.60. The molecule has 1 saturated heterocycles. The second-order valence-electron chi connectivity index (χ2n) is 10.6. The van der Waals surface area contributed by atoms with E-state index in [1.165, 1.54) is 11.1 Å². The third-order valence-electron chi connectivity index (χ3n) is 8.22. The number of piperazine rings is 1. The average Bonchev–Trinajstić information content (AvgIpc) is 3.30. The number of halogens is 1. The second kappa shape index (κ2) is 11.6. The van der Waals surface area contributed by atoms with Gasteiger partial charge >= 0.3 is 0 Å². The number of fused-ring (bicyclic) bond motifs is 1. The van der Waals surface area contributed by atoms with Crippen LogP contribution in [0.2, 0.25) is 5.02 Å². The molecule has 0 radical (unpaired) electrons. The van der Waals surface area contributed by atoms with Crippen LogP contribution >= 0.6 is 11.6 Å². The molecule has 1 fully saturated rings. The Morgan fingerprint density at radius 3 is 2.10 bits per heavy atom. The molecule has 2 aliphatic heterocycles. The molecule has 1 atom stereocenters. The molecular formula is C34H34ClN3O. The molecule has 2 aliphatic rings. The van der Waals surface area contributed by atoms with Gasteiger partial charge in [0.25, 0.3) is 5.91 Å². The Kier molecular flexibility index (Phi) is 7.67. The molecule has 0 saturated carbocycles. The predicted molar refractivity (Wildman–Crippen MR) is 160 cm³/mol. The van der Waals surface area contributed by atoms with Gasteiger partial charge in [-0.1, -0.05) is 96.5 Å². The highest BCUT2D eigenvalue weighted by Crippen LogP contribution is 2.33. The topological polar surface area (TPSA) is 35.6 Å². The molecule has 0 spiro atoms. The van der Waals surface area contributed by atoms with E-state index in [2.05, 4.69) is 94.0 Å². The summed E-state index contributed by atoms with van der Waals surface area (Å²) in [5, 5.41) is 3.91. The minimum absolute atomic E-state index is 0.00963. The predicted octanol–water partition coefficient (Wildman–Crippen LogP) is 6.71. The summed E-state index contributed by atoms with van der Waals surface area (Å²) in [6.45, 7) is 5.04. The van der Waals surface area contributed by atoms with Gasteiger partial charge in [-0.2, -0.15) is 0 Å². The lowest BCUT2D eigenvalue weighted by Crippen LogP contribution is -2.46. The molecule has 2 heterocycles. The number of carbonyl (C=O) groups excluding carboxylic acids is 1. The number of carbonyl (C=O) groups is 1. The summed E-state index contributed by atoms with van der Waals surface area (Å²) < 4.78 is 0. The normalized spacial score (nSPS) is 17.3. The largest absolute Gasteiger partial charge is 0.369 e. The zero-order valence-corrected chi connectivity index (χ0v) is 22.9. The fourth-order valence-electron chi connectivity index (χ4n) is 6.04. The van der Waals surface area contributed by atoms with Gasteiger partial charge in [0.2, 0.25) is 0 Å². The van der Waals surface area contributed by atoms with Crippen molar-refractivity contribution in [2.24, 2.45) is 0 Å². The molecular weight excluding hydrogens is 502 g/mol. The lowest BCUT2D eigenvalue weighted by molar-refractivity contribution is 0.0956. The van der Waals surface area contributed by atoms with Gasteiger partial charge in [0, 0.05) is 48.4 Å². The number of benzene rings is 4. The maximum Gasteiger partial charge on any atom is 0.252 e. The van der Waals surface area contributed by atoms with Crippen molar-refractivity contribution in [2.75, 3.05) is 37.6 Å². The van der Waals surface area contributed by atoms with E-state index in [1.807, 2.05) is 24.3 Å². The van der Waals surface area contributed by atoms with Crippen molar-refractivity contribution in [1.29, 1.82) is 0 Å². The van der Waals surface area contributed by atoms with Crippen molar-refractivity contribution in [1.82, 2.24) is 10.2 Å². The molecule has 6 rings (SSSR count). The van der Waals surface area contributed by atoms with E-state index in [9.17, 15) is 4.79 Å². The maximum absolute atomic E-state index is 12.9. The number of nitrogens with one attached hydrogen (secondary N) is 1. The zero-order valence-electron chi connectivity index (χ0n) is 22.1. The molecule has 1 unspecified atom stereocenters. The highest BCUT2D eigenvalue weighted by molar-refractivity contribution is 6.31. The third kappa shape index (κ3) is 5.73. The minimum Gasteiger partial charge on any atom is -0.369 e. The fraction of sp³-hybridized carbons (Fsp3) is 0.265. The maximum atomic E-state index is 12.9. The van der Waals surface area contributed by atoms with Gasteiger partial charge in [0.15, 0.2) is 0 Å². The van der Waals surface area contributed by atoms with Gasteiger partial charge in [0.05, 0.1) is 6.04 Å². The lowest BCUT2D eigenvalue weighted by atomic mass is 9.88. The monoisotopic (exact) mass is 535 g/mol. The van der Waals surface area contributed by atoms with Crippen molar-refractivity contribution in [3.05, 3.63) is 136 Å². The smallest absolute Gasteiger partial charge is 0.252 e. The van der Waals surface area contributed by atoms with Crippen LogP contribution in [-0.4, -0.2) is 43.5 Å². The number of hydrogen-bond acceptors (Lipinski definition) is 3. The molecule has 4 aromatic rings. The van der Waals surface area contributed by atoms with E-state index in [0.29, 0.717) is 12.3 Å². The van der Waals surface area contributed by atoms with E-state index in [-0.39, 0.29) is 11.9 Å². The van der Waals surface area contributed by atoms with Crippen molar-refractivity contribution in [2.45, 2.75) is 24.8 Å². The van der Waals surface area contributed by atoms with Gasteiger partial charge in [-0.05, 0) is 59.8 Å². The molecule has 5 heteroatoms. The summed E-state index contributed by atoms with van der Waals surface area (Å²) in [5.74, 6) is 0.412. The van der Waals surface area contributed by atoms with Gasteiger partial charge in [-0.15, -0.1) is 0 Å². The summed E-state index contributed by atoms with van der Waals surface area (Å²) >= 11 is 6.38. The Morgan fingerprint density at radius 2 is 1.44 bits per heavy atom. The summed E-state index contributed by atoms with van der Waals surface area (Å²) in [7, 11) is 0.